The van der Waals surface area contributed by atoms with Gasteiger partial charge >= 0.3 is 11.9 Å². The second-order valence-electron chi connectivity index (χ2n) is 20.6. The molecule has 10 aromatic rings. The number of benzene rings is 10. The van der Waals surface area contributed by atoms with E-state index in [1.807, 2.05) is 114 Å². The van der Waals surface area contributed by atoms with Gasteiger partial charge in [0.05, 0.1) is 51.0 Å². The summed E-state index contributed by atoms with van der Waals surface area (Å²) in [5.74, 6) is -3.13. The summed E-state index contributed by atoms with van der Waals surface area (Å²) in [5, 5.41) is 62.7. The van der Waals surface area contributed by atoms with Crippen LogP contribution in [0.1, 0.15) is 54.1 Å². The first-order valence-corrected chi connectivity index (χ1v) is 30.5. The van der Waals surface area contributed by atoms with E-state index in [-0.39, 0.29) is 41.5 Å². The van der Waals surface area contributed by atoms with Gasteiger partial charge in [0, 0.05) is 30.2 Å². The van der Waals surface area contributed by atoms with Crippen molar-refractivity contribution in [2.24, 2.45) is 20.5 Å². The second-order valence-corrected chi connectivity index (χ2v) is 23.2. The Morgan fingerprint density at radius 2 is 0.753 bits per heavy atom. The van der Waals surface area contributed by atoms with Gasteiger partial charge in [-0.15, -0.1) is 23.5 Å². The van der Waals surface area contributed by atoms with Crippen molar-refractivity contribution in [1.29, 1.82) is 0 Å². The number of hydrogen-bond donors (Lipinski definition) is 6. The molecule has 0 aliphatic carbocycles. The number of aromatic hydroxyl groups is 2. The highest BCUT2D eigenvalue weighted by Crippen LogP contribution is 2.50. The Morgan fingerprint density at radius 1 is 0.404 bits per heavy atom. The maximum absolute atomic E-state index is 14.9. The van der Waals surface area contributed by atoms with Crippen LogP contribution in [0.4, 0.5) is 28.4 Å². The summed E-state index contributed by atoms with van der Waals surface area (Å²) in [7, 11) is 0. The molecule has 0 saturated carbocycles. The quantitative estimate of drug-likeness (QED) is 0.0170. The Kier molecular flexibility index (Phi) is 20.3. The van der Waals surface area contributed by atoms with E-state index in [2.05, 4.69) is 104 Å². The number of phenols is 2. The van der Waals surface area contributed by atoms with Crippen molar-refractivity contribution >= 4 is 75.7 Å². The van der Waals surface area contributed by atoms with Gasteiger partial charge in [-0.1, -0.05) is 200 Å². The molecule has 17 heteroatoms. The minimum atomic E-state index is -1.34. The lowest BCUT2D eigenvalue weighted by Gasteiger charge is -2.36. The van der Waals surface area contributed by atoms with Gasteiger partial charge in [-0.05, 0) is 99.6 Å². The Morgan fingerprint density at radius 3 is 1.16 bits per heavy atom. The van der Waals surface area contributed by atoms with E-state index in [0.29, 0.717) is 52.8 Å². The number of rotatable bonds is 26. The summed E-state index contributed by atoms with van der Waals surface area (Å²) in [6.45, 7) is 0.338. The molecule has 0 unspecified atom stereocenters. The van der Waals surface area contributed by atoms with Crippen LogP contribution in [0.3, 0.4) is 0 Å². The summed E-state index contributed by atoms with van der Waals surface area (Å²) in [6.07, 6.45) is 0. The number of anilines is 1. The second kappa shape index (κ2) is 29.3. The molecule has 6 N–H and O–H groups in total. The molecule has 15 nitrogen and oxygen atoms in total. The highest BCUT2D eigenvalue weighted by atomic mass is 32.2. The van der Waals surface area contributed by atoms with E-state index in [4.69, 9.17) is 0 Å². The van der Waals surface area contributed by atoms with Crippen LogP contribution < -0.4 is 10.6 Å². The van der Waals surface area contributed by atoms with Crippen LogP contribution in [0.5, 0.6) is 11.5 Å². The predicted molar refractivity (Wildman–Crippen MR) is 352 cm³/mol. The molecule has 0 fully saturated rings. The van der Waals surface area contributed by atoms with Gasteiger partial charge in [-0.25, -0.2) is 9.59 Å². The average molecular weight is 1220 g/mol. The predicted octanol–water partition coefficient (Wildman–Crippen LogP) is 15.8. The molecule has 89 heavy (non-hydrogen) atoms. The number of azo groups is 2. The number of carbonyl (C=O) groups is 4. The van der Waals surface area contributed by atoms with Gasteiger partial charge in [0.1, 0.15) is 22.6 Å². The highest BCUT2D eigenvalue weighted by molar-refractivity contribution is 8.00. The Bertz CT molecular complexity index is 3920. The largest absolute Gasteiger partial charge is 0.507 e. The van der Waals surface area contributed by atoms with E-state index in [0.717, 1.165) is 33.4 Å². The van der Waals surface area contributed by atoms with E-state index >= 15 is 0 Å². The Hall–Kier alpha value is -10.5. The molecule has 0 atom stereocenters. The fourth-order valence-corrected chi connectivity index (χ4v) is 13.5. The summed E-state index contributed by atoms with van der Waals surface area (Å²) in [4.78, 5) is 54.7. The average Bonchev–Trinajstić information content (AvgIpc) is 1.03. The minimum absolute atomic E-state index is 0.112. The summed E-state index contributed by atoms with van der Waals surface area (Å²) in [6, 6.07) is 81.8. The number of carboxylic acid groups (broad SMARTS) is 2. The third kappa shape index (κ3) is 15.0. The maximum Gasteiger partial charge on any atom is 0.339 e. The van der Waals surface area contributed by atoms with Crippen molar-refractivity contribution in [2.75, 3.05) is 43.0 Å². The summed E-state index contributed by atoms with van der Waals surface area (Å²) in [5.41, 5.74) is 8.54. The molecular formula is C72H61N7O8S2. The van der Waals surface area contributed by atoms with Crippen molar-refractivity contribution in [3.63, 3.8) is 0 Å². The minimum Gasteiger partial charge on any atom is -0.507 e. The van der Waals surface area contributed by atoms with Crippen LogP contribution in [0.25, 0.3) is 11.1 Å². The number of carboxylic acids is 2. The molecule has 10 aromatic carbocycles. The molecule has 444 valence electrons. The van der Waals surface area contributed by atoms with Gasteiger partial charge in [0.25, 0.3) is 0 Å². The molecule has 10 rings (SSSR count). The molecule has 0 spiro atoms. The Labute approximate surface area is 523 Å². The number of aromatic carboxylic acids is 2. The molecule has 0 bridgehead atoms. The van der Waals surface area contributed by atoms with Crippen molar-refractivity contribution in [2.45, 2.75) is 9.49 Å². The number of thioether (sulfide) groups is 2. The van der Waals surface area contributed by atoms with Crippen LogP contribution in [0.15, 0.2) is 281 Å². The van der Waals surface area contributed by atoms with Crippen molar-refractivity contribution in [3.05, 3.63) is 305 Å². The van der Waals surface area contributed by atoms with Gasteiger partial charge < -0.3 is 31.1 Å². The number of amides is 2. The van der Waals surface area contributed by atoms with Crippen LogP contribution in [-0.4, -0.2) is 86.8 Å². The molecule has 0 aliphatic heterocycles. The molecule has 0 radical (unpaired) electrons. The Balaban J connectivity index is 0.944. The van der Waals surface area contributed by atoms with Crippen LogP contribution in [0, 0.1) is 0 Å². The van der Waals surface area contributed by atoms with Crippen molar-refractivity contribution < 1.29 is 39.6 Å². The van der Waals surface area contributed by atoms with E-state index in [9.17, 15) is 39.6 Å². The monoisotopic (exact) mass is 1220 g/mol. The van der Waals surface area contributed by atoms with Gasteiger partial charge in [0.2, 0.25) is 11.8 Å². The van der Waals surface area contributed by atoms with E-state index < -0.39 is 38.8 Å². The zero-order valence-electron chi connectivity index (χ0n) is 48.0. The third-order valence-corrected chi connectivity index (χ3v) is 17.8. The zero-order chi connectivity index (χ0) is 62.0. The lowest BCUT2D eigenvalue weighted by atomic mass is 9.84. The van der Waals surface area contributed by atoms with Gasteiger partial charge in [-0.3, -0.25) is 14.5 Å². The van der Waals surface area contributed by atoms with Crippen LogP contribution in [0.2, 0.25) is 0 Å². The SMILES string of the molecule is O=C(CN(CCSC(c1ccccc1)(c1ccccc1)c1ccccc1)CC(=O)Nc1cc(N=Nc2ccc(O)c(C(=O)O)c2)ccc1-c1ccc(N=Nc2ccc(O)c(C(=O)O)c2)cc1)NCCSC(c1ccccc1)(c1ccccc1)c1ccccc1. The topological polar surface area (TPSA) is 226 Å². The van der Waals surface area contributed by atoms with Gasteiger partial charge in [-0.2, -0.15) is 20.5 Å². The molecule has 0 saturated heterocycles. The normalized spacial score (nSPS) is 11.7. The first kappa shape index (κ1) is 61.6. The van der Waals surface area contributed by atoms with Crippen LogP contribution in [-0.2, 0) is 19.1 Å². The standard InChI is InChI=1S/C72H61N7O8S2/c80-65-39-36-58(45-62(65)69(84)85)76-75-57-33-31-50(32-34-57)61-38-35-60(78-77-59-37-40-66(81)63(46-59)70(86)87)47-64(61)74-68(83)49-79(42-44-89-72(54-25-13-4-14-26-54,55-27-15-5-16-28-55)56-29-17-6-18-30-56)48-67(82)73-41-43-88-71(51-19-7-1-8-20-51,52-21-9-2-10-22-52)53-23-11-3-12-24-53/h1-40,45-47,80-81H,41-44,48-49H2,(H,73,82)(H,74,83)(H,84,85)(H,86,87). The lowest BCUT2D eigenvalue weighted by molar-refractivity contribution is -0.123. The zero-order valence-corrected chi connectivity index (χ0v) is 49.7. The van der Waals surface area contributed by atoms with Crippen molar-refractivity contribution in [3.8, 4) is 22.6 Å². The van der Waals surface area contributed by atoms with Crippen molar-refractivity contribution in [1.82, 2.24) is 10.2 Å². The summed E-state index contributed by atoms with van der Waals surface area (Å²) >= 11 is 3.46. The lowest BCUT2D eigenvalue weighted by Crippen LogP contribution is -2.43. The van der Waals surface area contributed by atoms with E-state index in [1.54, 1.807) is 66.0 Å². The summed E-state index contributed by atoms with van der Waals surface area (Å²) < 4.78 is -1.27. The fourth-order valence-electron chi connectivity index (χ4n) is 10.5. The fraction of sp³-hybridized carbons (Fsp3) is 0.111. The molecule has 0 aliphatic rings. The number of carbonyl (C=O) groups excluding carboxylic acids is 2. The first-order chi connectivity index (χ1) is 43.4. The maximum atomic E-state index is 14.9. The highest BCUT2D eigenvalue weighted by Gasteiger charge is 2.38. The third-order valence-electron chi connectivity index (χ3n) is 14.7. The number of nitrogens with one attached hydrogen (secondary N) is 2. The van der Waals surface area contributed by atoms with Gasteiger partial charge in [0.15, 0.2) is 0 Å². The molecule has 0 aromatic heterocycles. The first-order valence-electron chi connectivity index (χ1n) is 28.5. The molecule has 2 amide bonds. The number of hydrogen-bond acceptors (Lipinski definition) is 13. The smallest absolute Gasteiger partial charge is 0.339 e. The number of nitrogens with zero attached hydrogens (tertiary/aromatic N) is 5. The van der Waals surface area contributed by atoms with Crippen LogP contribution >= 0.6 is 23.5 Å². The molecular weight excluding hydrogens is 1150 g/mol. The molecule has 0 heterocycles. The van der Waals surface area contributed by atoms with E-state index in [1.165, 1.54) is 36.4 Å².